The zero-order chi connectivity index (χ0) is 24.2. The number of H-pyrrole nitrogens is 1. The summed E-state index contributed by atoms with van der Waals surface area (Å²) in [7, 11) is 0. The SMILES string of the molecule is O=C(NC12CC(C1)C2)O[C@@H]1CO[C@H](c2cc(Nc3nccc4nc(OCC(F)F)cn34)n[nH]2)[C@@H]1F. The van der Waals surface area contributed by atoms with E-state index in [0.717, 1.165) is 19.3 Å². The lowest BCUT2D eigenvalue weighted by Crippen LogP contribution is -2.68. The molecule has 0 radical (unpaired) electrons. The minimum absolute atomic E-state index is 0.0211. The highest BCUT2D eigenvalue weighted by Crippen LogP contribution is 2.57. The predicted octanol–water partition coefficient (Wildman–Crippen LogP) is 2.90. The Morgan fingerprint density at radius 3 is 2.94 bits per heavy atom. The van der Waals surface area contributed by atoms with Crippen molar-refractivity contribution in [2.75, 3.05) is 18.5 Å². The lowest BCUT2D eigenvalue weighted by atomic mass is 9.50. The number of imidazole rings is 1. The summed E-state index contributed by atoms with van der Waals surface area (Å²) < 4.78 is 57.1. The van der Waals surface area contributed by atoms with Crippen LogP contribution in [0.15, 0.2) is 24.5 Å². The van der Waals surface area contributed by atoms with Crippen LogP contribution in [0.5, 0.6) is 5.88 Å². The Bertz CT molecular complexity index is 1230. The van der Waals surface area contributed by atoms with Gasteiger partial charge in [-0.1, -0.05) is 0 Å². The van der Waals surface area contributed by atoms with Gasteiger partial charge in [-0.3, -0.25) is 9.50 Å². The molecule has 4 fully saturated rings. The summed E-state index contributed by atoms with van der Waals surface area (Å²) in [5.41, 5.74) is 0.616. The van der Waals surface area contributed by atoms with Gasteiger partial charge in [-0.05, 0) is 31.2 Å². The van der Waals surface area contributed by atoms with E-state index in [-0.39, 0.29) is 24.0 Å². The van der Waals surface area contributed by atoms with Gasteiger partial charge in [-0.15, -0.1) is 0 Å². The number of alkyl halides is 3. The molecule has 3 N–H and O–H groups in total. The van der Waals surface area contributed by atoms with Crippen LogP contribution in [0.2, 0.25) is 0 Å². The van der Waals surface area contributed by atoms with E-state index in [1.54, 1.807) is 12.1 Å². The van der Waals surface area contributed by atoms with Crippen molar-refractivity contribution < 1.29 is 32.2 Å². The number of aromatic nitrogens is 5. The first-order chi connectivity index (χ1) is 16.9. The first-order valence-electron chi connectivity index (χ1n) is 11.2. The molecule has 0 spiro atoms. The molecule has 2 bridgehead atoms. The van der Waals surface area contributed by atoms with Crippen molar-refractivity contribution in [3.63, 3.8) is 0 Å². The average Bonchev–Trinajstić information content (AvgIpc) is 3.48. The normalized spacial score (nSPS) is 29.0. The number of halogens is 3. The van der Waals surface area contributed by atoms with Gasteiger partial charge in [0.1, 0.15) is 11.8 Å². The molecule has 3 aliphatic carbocycles. The number of nitrogens with one attached hydrogen (secondary N) is 3. The first kappa shape index (κ1) is 21.9. The molecule has 3 aromatic heterocycles. The van der Waals surface area contributed by atoms with Gasteiger partial charge in [-0.2, -0.15) is 10.1 Å². The lowest BCUT2D eigenvalue weighted by Gasteiger charge is -2.61. The number of rotatable bonds is 8. The first-order valence-corrected chi connectivity index (χ1v) is 11.2. The fraction of sp³-hybridized carbons (Fsp3) is 0.524. The maximum atomic E-state index is 15.0. The van der Waals surface area contributed by atoms with E-state index in [4.69, 9.17) is 14.2 Å². The molecule has 7 rings (SSSR count). The van der Waals surface area contributed by atoms with E-state index >= 15 is 4.39 Å². The van der Waals surface area contributed by atoms with E-state index in [1.165, 1.54) is 16.8 Å². The average molecular weight is 493 g/mol. The lowest BCUT2D eigenvalue weighted by molar-refractivity contribution is -0.0528. The summed E-state index contributed by atoms with van der Waals surface area (Å²) in [5.74, 6) is 1.32. The summed E-state index contributed by atoms with van der Waals surface area (Å²) in [5, 5.41) is 12.7. The Morgan fingerprint density at radius 1 is 1.37 bits per heavy atom. The highest BCUT2D eigenvalue weighted by Gasteiger charge is 2.58. The minimum atomic E-state index is -2.62. The van der Waals surface area contributed by atoms with E-state index in [9.17, 15) is 13.6 Å². The second-order valence-electron chi connectivity index (χ2n) is 9.14. The number of fused-ring (bicyclic) bond motifs is 1. The third-order valence-corrected chi connectivity index (χ3v) is 6.61. The molecule has 14 heteroatoms. The van der Waals surface area contributed by atoms with E-state index in [1.807, 2.05) is 0 Å². The molecule has 4 heterocycles. The summed E-state index contributed by atoms with van der Waals surface area (Å²) in [4.78, 5) is 20.5. The van der Waals surface area contributed by atoms with Crippen LogP contribution in [0.3, 0.4) is 0 Å². The standard InChI is InChI=1S/C21H22F3N7O4/c22-13(23)9-33-16-7-31-15(27-16)1-2-25-19(31)26-14-3-11(29-30-14)18-17(24)12(8-34-18)35-20(32)28-21-4-10(5-21)6-21/h1-3,7,10,12-13,17-18H,4-6,8-9H2,(H,28,32)(H2,25,26,29,30)/t10?,12-,17-,18-,21?/m1/s1. The Balaban J connectivity index is 1.09. The monoisotopic (exact) mass is 493 g/mol. The molecule has 3 aromatic rings. The quantitative estimate of drug-likeness (QED) is 0.437. The summed E-state index contributed by atoms with van der Waals surface area (Å²) in [6.45, 7) is -0.851. The van der Waals surface area contributed by atoms with Crippen molar-refractivity contribution >= 4 is 23.5 Å². The second-order valence-corrected chi connectivity index (χ2v) is 9.14. The molecule has 35 heavy (non-hydrogen) atoms. The van der Waals surface area contributed by atoms with Crippen molar-refractivity contribution in [3.8, 4) is 5.88 Å². The van der Waals surface area contributed by atoms with Gasteiger partial charge in [0.2, 0.25) is 11.8 Å². The Morgan fingerprint density at radius 2 is 2.20 bits per heavy atom. The summed E-state index contributed by atoms with van der Waals surface area (Å²) in [6, 6.07) is 3.13. The van der Waals surface area contributed by atoms with Crippen molar-refractivity contribution in [1.82, 2.24) is 29.9 Å². The van der Waals surface area contributed by atoms with E-state index < -0.39 is 37.5 Å². The van der Waals surface area contributed by atoms with Crippen molar-refractivity contribution in [2.45, 2.75) is 49.6 Å². The number of ether oxygens (including phenoxy) is 3. The summed E-state index contributed by atoms with van der Waals surface area (Å²) >= 11 is 0. The third kappa shape index (κ3) is 4.11. The molecule has 186 valence electrons. The molecule has 1 amide bonds. The van der Waals surface area contributed by atoms with Crippen LogP contribution < -0.4 is 15.4 Å². The van der Waals surface area contributed by atoms with Gasteiger partial charge in [0.05, 0.1) is 18.5 Å². The number of carbonyl (C=O) groups excluding carboxylic acids is 1. The summed E-state index contributed by atoms with van der Waals surface area (Å²) in [6.07, 6.45) is -1.07. The van der Waals surface area contributed by atoms with E-state index in [2.05, 4.69) is 30.8 Å². The maximum Gasteiger partial charge on any atom is 0.408 e. The topological polar surface area (TPSA) is 128 Å². The number of alkyl carbamates (subject to hydrolysis) is 1. The van der Waals surface area contributed by atoms with Crippen LogP contribution >= 0.6 is 0 Å². The second kappa shape index (κ2) is 8.29. The fourth-order valence-electron chi connectivity index (χ4n) is 4.82. The molecule has 1 aliphatic heterocycles. The highest BCUT2D eigenvalue weighted by atomic mass is 19.3. The predicted molar refractivity (Wildman–Crippen MR) is 113 cm³/mol. The van der Waals surface area contributed by atoms with Crippen molar-refractivity contribution in [2.24, 2.45) is 5.92 Å². The van der Waals surface area contributed by atoms with E-state index in [0.29, 0.717) is 23.1 Å². The van der Waals surface area contributed by atoms with Crippen LogP contribution in [0, 0.1) is 5.92 Å². The number of carbonyl (C=O) groups is 1. The number of nitrogens with zero attached hydrogens (tertiary/aromatic N) is 4. The minimum Gasteiger partial charge on any atom is -0.470 e. The molecular formula is C21H22F3N7O4. The number of hydrogen-bond donors (Lipinski definition) is 3. The molecule has 4 aliphatic rings. The van der Waals surface area contributed by atoms with Crippen LogP contribution in [-0.2, 0) is 9.47 Å². The number of amides is 1. The van der Waals surface area contributed by atoms with Crippen LogP contribution in [-0.4, -0.2) is 68.1 Å². The van der Waals surface area contributed by atoms with Gasteiger partial charge < -0.3 is 24.8 Å². The maximum absolute atomic E-state index is 15.0. The van der Waals surface area contributed by atoms with Crippen LogP contribution in [0.4, 0.5) is 29.7 Å². The molecular weight excluding hydrogens is 471 g/mol. The molecule has 3 saturated carbocycles. The van der Waals surface area contributed by atoms with Crippen molar-refractivity contribution in [1.29, 1.82) is 0 Å². The third-order valence-electron chi connectivity index (χ3n) is 6.61. The number of hydrogen-bond acceptors (Lipinski definition) is 8. The zero-order valence-electron chi connectivity index (χ0n) is 18.3. The van der Waals surface area contributed by atoms with Crippen LogP contribution in [0.25, 0.3) is 5.65 Å². The smallest absolute Gasteiger partial charge is 0.408 e. The van der Waals surface area contributed by atoms with Crippen LogP contribution in [0.1, 0.15) is 31.1 Å². The van der Waals surface area contributed by atoms with Crippen molar-refractivity contribution in [3.05, 3.63) is 30.2 Å². The molecule has 1 saturated heterocycles. The number of aromatic amines is 1. The molecule has 0 aromatic carbocycles. The van der Waals surface area contributed by atoms with Gasteiger partial charge >= 0.3 is 6.09 Å². The Hall–Kier alpha value is -3.55. The van der Waals surface area contributed by atoms with Gasteiger partial charge in [0.25, 0.3) is 6.43 Å². The largest absolute Gasteiger partial charge is 0.470 e. The molecule has 3 atom stereocenters. The van der Waals surface area contributed by atoms with Gasteiger partial charge in [-0.25, -0.2) is 22.9 Å². The zero-order valence-corrected chi connectivity index (χ0v) is 18.3. The molecule has 11 nitrogen and oxygen atoms in total. The number of anilines is 2. The fourth-order valence-corrected chi connectivity index (χ4v) is 4.82. The Kier molecular flexibility index (Phi) is 5.20. The highest BCUT2D eigenvalue weighted by molar-refractivity contribution is 5.69. The Labute approximate surface area is 196 Å². The molecule has 0 unspecified atom stereocenters. The van der Waals surface area contributed by atoms with Gasteiger partial charge in [0, 0.05) is 17.8 Å². The van der Waals surface area contributed by atoms with Gasteiger partial charge in [0.15, 0.2) is 24.7 Å².